The van der Waals surface area contributed by atoms with Gasteiger partial charge in [-0.2, -0.15) is 0 Å². The fraction of sp³-hybridized carbons (Fsp3) is 0.429. The molecular formula is C7H10ClN3S. The first-order valence-corrected chi connectivity index (χ1v) is 4.72. The monoisotopic (exact) mass is 203 g/mol. The summed E-state index contributed by atoms with van der Waals surface area (Å²) < 4.78 is 0. The lowest BCUT2D eigenvalue weighted by atomic mass is 10.3. The zero-order valence-corrected chi connectivity index (χ0v) is 8.34. The van der Waals surface area contributed by atoms with Gasteiger partial charge < -0.3 is 5.32 Å². The van der Waals surface area contributed by atoms with E-state index in [-0.39, 0.29) is 12.4 Å². The molecule has 66 valence electrons. The molecule has 12 heavy (non-hydrogen) atoms. The van der Waals surface area contributed by atoms with Crippen molar-refractivity contribution >= 4 is 24.2 Å². The van der Waals surface area contributed by atoms with Crippen molar-refractivity contribution in [3.05, 3.63) is 17.5 Å². The Morgan fingerprint density at radius 2 is 2.33 bits per heavy atom. The maximum absolute atomic E-state index is 4.36. The molecule has 0 bridgehead atoms. The van der Waals surface area contributed by atoms with Crippen LogP contribution in [0.5, 0.6) is 0 Å². The Kier molecular flexibility index (Phi) is 3.31. The quantitative estimate of drug-likeness (QED) is 0.550. The van der Waals surface area contributed by atoms with Gasteiger partial charge in [0, 0.05) is 24.8 Å². The van der Waals surface area contributed by atoms with Crippen LogP contribution >= 0.6 is 24.2 Å². The number of thioether (sulfide) groups is 1. The normalized spacial score (nSPS) is 13.8. The van der Waals surface area contributed by atoms with Crippen LogP contribution in [0.15, 0.2) is 11.4 Å². The van der Waals surface area contributed by atoms with Gasteiger partial charge in [0.2, 0.25) is 0 Å². The third-order valence-corrected chi connectivity index (χ3v) is 2.28. The Hall–Kier alpha value is -0.320. The Labute approximate surface area is 81.8 Å². The van der Waals surface area contributed by atoms with Gasteiger partial charge in [-0.1, -0.05) is 11.8 Å². The van der Waals surface area contributed by atoms with Gasteiger partial charge in [0.15, 0.2) is 5.16 Å². The minimum absolute atomic E-state index is 0. The minimum atomic E-state index is 0. The molecule has 0 aliphatic carbocycles. The number of rotatable bonds is 1. The Morgan fingerprint density at radius 3 is 3.08 bits per heavy atom. The summed E-state index contributed by atoms with van der Waals surface area (Å²) in [5, 5.41) is 4.10. The maximum atomic E-state index is 4.36. The number of nitrogens with zero attached hydrogens (tertiary/aromatic N) is 2. The zero-order chi connectivity index (χ0) is 7.68. The van der Waals surface area contributed by atoms with Crippen molar-refractivity contribution in [1.29, 1.82) is 0 Å². The number of aromatic nitrogens is 2. The SMILES string of the molecule is CSc1ncc2c(n1)CNC2.Cl. The molecule has 3 nitrogen and oxygen atoms in total. The molecule has 0 fully saturated rings. The number of hydrogen-bond acceptors (Lipinski definition) is 4. The molecule has 0 aromatic carbocycles. The molecule has 0 spiro atoms. The fourth-order valence-electron chi connectivity index (χ4n) is 1.14. The molecule has 0 atom stereocenters. The molecule has 0 saturated heterocycles. The second-order valence-corrected chi connectivity index (χ2v) is 3.21. The summed E-state index contributed by atoms with van der Waals surface area (Å²) in [7, 11) is 0. The Bertz CT molecular complexity index is 279. The molecule has 1 N–H and O–H groups in total. The lowest BCUT2D eigenvalue weighted by Gasteiger charge is -1.97. The number of nitrogens with one attached hydrogen (secondary N) is 1. The molecule has 0 amide bonds. The summed E-state index contributed by atoms with van der Waals surface area (Å²) in [5.41, 5.74) is 2.40. The molecule has 1 aliphatic rings. The molecule has 0 unspecified atom stereocenters. The third-order valence-electron chi connectivity index (χ3n) is 1.72. The summed E-state index contributed by atoms with van der Waals surface area (Å²) in [5.74, 6) is 0. The van der Waals surface area contributed by atoms with Crippen molar-refractivity contribution in [2.45, 2.75) is 18.2 Å². The van der Waals surface area contributed by atoms with E-state index in [2.05, 4.69) is 15.3 Å². The zero-order valence-electron chi connectivity index (χ0n) is 6.70. The van der Waals surface area contributed by atoms with Gasteiger partial charge in [-0.15, -0.1) is 12.4 Å². The van der Waals surface area contributed by atoms with Crippen LogP contribution in [0.2, 0.25) is 0 Å². The van der Waals surface area contributed by atoms with Gasteiger partial charge in [-0.05, 0) is 6.26 Å². The molecule has 1 aromatic rings. The molecule has 2 heterocycles. The van der Waals surface area contributed by atoms with E-state index >= 15 is 0 Å². The van der Waals surface area contributed by atoms with Crippen molar-refractivity contribution in [2.75, 3.05) is 6.26 Å². The van der Waals surface area contributed by atoms with E-state index in [9.17, 15) is 0 Å². The second kappa shape index (κ2) is 4.07. The van der Waals surface area contributed by atoms with Gasteiger partial charge >= 0.3 is 0 Å². The smallest absolute Gasteiger partial charge is 0.187 e. The average molecular weight is 204 g/mol. The van der Waals surface area contributed by atoms with Crippen LogP contribution in [-0.2, 0) is 13.1 Å². The third kappa shape index (κ3) is 1.71. The highest BCUT2D eigenvalue weighted by atomic mass is 35.5. The first-order valence-electron chi connectivity index (χ1n) is 3.49. The number of halogens is 1. The summed E-state index contributed by atoms with van der Waals surface area (Å²) >= 11 is 1.58. The second-order valence-electron chi connectivity index (χ2n) is 2.43. The molecule has 1 aliphatic heterocycles. The van der Waals surface area contributed by atoms with E-state index < -0.39 is 0 Å². The van der Waals surface area contributed by atoms with Gasteiger partial charge in [0.1, 0.15) is 0 Å². The van der Waals surface area contributed by atoms with Crippen molar-refractivity contribution in [2.24, 2.45) is 0 Å². The van der Waals surface area contributed by atoms with Crippen LogP contribution in [0.25, 0.3) is 0 Å². The fourth-order valence-corrected chi connectivity index (χ4v) is 1.50. The highest BCUT2D eigenvalue weighted by Crippen LogP contribution is 2.15. The Morgan fingerprint density at radius 1 is 1.50 bits per heavy atom. The minimum Gasteiger partial charge on any atom is -0.307 e. The highest BCUT2D eigenvalue weighted by Gasteiger charge is 2.11. The van der Waals surface area contributed by atoms with Crippen LogP contribution < -0.4 is 5.32 Å². The molecule has 0 radical (unpaired) electrons. The first kappa shape index (κ1) is 9.77. The molecule has 2 rings (SSSR count). The van der Waals surface area contributed by atoms with Crippen LogP contribution in [0.4, 0.5) is 0 Å². The summed E-state index contributed by atoms with van der Waals surface area (Å²) in [6, 6.07) is 0. The average Bonchev–Trinajstić information content (AvgIpc) is 2.50. The molecule has 1 aromatic heterocycles. The molecule has 0 saturated carbocycles. The predicted octanol–water partition coefficient (Wildman–Crippen LogP) is 1.22. The van der Waals surface area contributed by atoms with E-state index in [1.807, 2.05) is 12.5 Å². The topological polar surface area (TPSA) is 37.8 Å². The lowest BCUT2D eigenvalue weighted by Crippen LogP contribution is -2.00. The van der Waals surface area contributed by atoms with Crippen molar-refractivity contribution in [3.63, 3.8) is 0 Å². The van der Waals surface area contributed by atoms with Crippen LogP contribution in [-0.4, -0.2) is 16.2 Å². The van der Waals surface area contributed by atoms with Crippen LogP contribution in [0, 0.1) is 0 Å². The highest BCUT2D eigenvalue weighted by molar-refractivity contribution is 7.98. The van der Waals surface area contributed by atoms with Gasteiger partial charge in [0.25, 0.3) is 0 Å². The summed E-state index contributed by atoms with van der Waals surface area (Å²) in [6.07, 6.45) is 3.90. The summed E-state index contributed by atoms with van der Waals surface area (Å²) in [6.45, 7) is 1.81. The molecule has 5 heteroatoms. The van der Waals surface area contributed by atoms with E-state index in [1.165, 1.54) is 5.56 Å². The van der Waals surface area contributed by atoms with Crippen LogP contribution in [0.3, 0.4) is 0 Å². The standard InChI is InChI=1S/C7H9N3S.ClH/c1-11-7-9-3-5-2-8-4-6(5)10-7;/h3,8H,2,4H2,1H3;1H. The van der Waals surface area contributed by atoms with Crippen molar-refractivity contribution in [1.82, 2.24) is 15.3 Å². The van der Waals surface area contributed by atoms with Crippen molar-refractivity contribution < 1.29 is 0 Å². The maximum Gasteiger partial charge on any atom is 0.187 e. The van der Waals surface area contributed by atoms with Crippen molar-refractivity contribution in [3.8, 4) is 0 Å². The van der Waals surface area contributed by atoms with Gasteiger partial charge in [-0.3, -0.25) is 0 Å². The van der Waals surface area contributed by atoms with Gasteiger partial charge in [0.05, 0.1) is 5.69 Å². The van der Waals surface area contributed by atoms with E-state index in [0.717, 1.165) is 23.9 Å². The number of hydrogen-bond donors (Lipinski definition) is 1. The van der Waals surface area contributed by atoms with Gasteiger partial charge in [-0.25, -0.2) is 9.97 Å². The first-order chi connectivity index (χ1) is 5.40. The summed E-state index contributed by atoms with van der Waals surface area (Å²) in [4.78, 5) is 8.54. The van der Waals surface area contributed by atoms with E-state index in [4.69, 9.17) is 0 Å². The largest absolute Gasteiger partial charge is 0.307 e. The van der Waals surface area contributed by atoms with Crippen LogP contribution in [0.1, 0.15) is 11.3 Å². The predicted molar refractivity (Wildman–Crippen MR) is 51.6 cm³/mol. The molecular weight excluding hydrogens is 194 g/mol. The van der Waals surface area contributed by atoms with E-state index in [1.54, 1.807) is 11.8 Å². The Balaban J connectivity index is 0.000000720. The van der Waals surface area contributed by atoms with E-state index in [0.29, 0.717) is 0 Å². The lowest BCUT2D eigenvalue weighted by molar-refractivity contribution is 0.754. The number of fused-ring (bicyclic) bond motifs is 1.